The number of nitrogens with one attached hydrogen (secondary N) is 2. The number of carbonyl (C=O) groups is 2. The second kappa shape index (κ2) is 25.7. The van der Waals surface area contributed by atoms with E-state index in [9.17, 15) is 9.59 Å². The van der Waals surface area contributed by atoms with Crippen molar-refractivity contribution in [3.8, 4) is 47.0 Å². The Labute approximate surface area is 363 Å². The zero-order valence-electron chi connectivity index (χ0n) is 34.9. The monoisotopic (exact) mass is 864 g/mol. The van der Waals surface area contributed by atoms with Gasteiger partial charge in [-0.1, -0.05) is 129 Å². The number of hydrogen-bond acceptors (Lipinski definition) is 12. The van der Waals surface area contributed by atoms with E-state index in [0.29, 0.717) is 13.1 Å². The molecule has 16 heteroatoms. The molecule has 2 aromatic heterocycles. The first-order valence-corrected chi connectivity index (χ1v) is 22.4. The molecule has 5 rings (SSSR count). The van der Waals surface area contributed by atoms with E-state index in [1.807, 2.05) is 0 Å². The number of carbonyl (C=O) groups excluding carboxylic acids is 2. The molecule has 3 heterocycles. The molecule has 324 valence electrons. The average Bonchev–Trinajstić information content (AvgIpc) is 3.21. The van der Waals surface area contributed by atoms with Crippen LogP contribution in [0.1, 0.15) is 163 Å². The second-order valence-electron chi connectivity index (χ2n) is 15.0. The minimum Gasteiger partial charge on any atom is -0.424 e. The molecule has 14 nitrogen and oxygen atoms in total. The van der Waals surface area contributed by atoms with E-state index in [4.69, 9.17) is 42.1 Å². The molecule has 2 N–H and O–H groups in total. The number of nitrogens with zero attached hydrogens (tertiary/aromatic N) is 6. The van der Waals surface area contributed by atoms with Crippen LogP contribution < -0.4 is 29.6 Å². The standard InChI is InChI=1S/C44H58Cl2N8O6/c1-3-5-7-9-11-13-15-17-19-21-23-47-37(55)31-25-33-29-34(26-31)58-42-50-40(46)52-44(54-42)60-36-28-32(27-35(30-36)59-43-51-39(45)49-41(53-43)57-33)38(56)48-24-22-20-18-16-14-12-10-8-6-4-2/h25-30H,3-24H2,1-2H3,(H,47,55)(H,48,56). The third-order valence-corrected chi connectivity index (χ3v) is 10.2. The van der Waals surface area contributed by atoms with Gasteiger partial charge < -0.3 is 29.6 Å². The van der Waals surface area contributed by atoms with Crippen LogP contribution in [0.2, 0.25) is 10.6 Å². The normalized spacial score (nSPS) is 11.8. The van der Waals surface area contributed by atoms with Crippen LogP contribution in [-0.4, -0.2) is 54.8 Å². The predicted octanol–water partition coefficient (Wildman–Crippen LogP) is 12.1. The summed E-state index contributed by atoms with van der Waals surface area (Å²) in [6.45, 7) is 5.47. The lowest BCUT2D eigenvalue weighted by Crippen LogP contribution is -2.24. The fourth-order valence-electron chi connectivity index (χ4n) is 6.71. The van der Waals surface area contributed by atoms with Gasteiger partial charge in [0.1, 0.15) is 23.0 Å². The fourth-order valence-corrected chi connectivity index (χ4v) is 7.00. The van der Waals surface area contributed by atoms with Crippen molar-refractivity contribution in [2.45, 2.75) is 142 Å². The van der Waals surface area contributed by atoms with Crippen molar-refractivity contribution in [1.82, 2.24) is 40.5 Å². The molecule has 0 unspecified atom stereocenters. The van der Waals surface area contributed by atoms with E-state index in [1.165, 1.54) is 126 Å². The molecule has 0 atom stereocenters. The molecule has 2 aromatic carbocycles. The Morgan fingerprint density at radius 2 is 0.683 bits per heavy atom. The van der Waals surface area contributed by atoms with Crippen LogP contribution in [0.3, 0.4) is 0 Å². The quantitative estimate of drug-likeness (QED) is 0.0563. The number of amides is 2. The van der Waals surface area contributed by atoms with Gasteiger partial charge in [0.25, 0.3) is 11.8 Å². The van der Waals surface area contributed by atoms with Gasteiger partial charge in [-0.25, -0.2) is 0 Å². The summed E-state index contributed by atoms with van der Waals surface area (Å²) in [6.07, 6.45) is 23.9. The number of rotatable bonds is 24. The zero-order valence-corrected chi connectivity index (χ0v) is 36.4. The van der Waals surface area contributed by atoms with E-state index in [1.54, 1.807) is 0 Å². The van der Waals surface area contributed by atoms with Crippen molar-refractivity contribution >= 4 is 35.0 Å². The summed E-state index contributed by atoms with van der Waals surface area (Å²) in [5.41, 5.74) is 0.468. The molecule has 4 aromatic rings. The van der Waals surface area contributed by atoms with Crippen molar-refractivity contribution < 1.29 is 28.5 Å². The molecule has 0 saturated carbocycles. The lowest BCUT2D eigenvalue weighted by atomic mass is 10.1. The van der Waals surface area contributed by atoms with E-state index in [2.05, 4.69) is 54.4 Å². The molecule has 1 aliphatic rings. The van der Waals surface area contributed by atoms with Gasteiger partial charge in [-0.15, -0.1) is 9.97 Å². The molecule has 60 heavy (non-hydrogen) atoms. The maximum absolute atomic E-state index is 13.4. The Morgan fingerprint density at radius 1 is 0.417 bits per heavy atom. The van der Waals surface area contributed by atoms with Gasteiger partial charge in [-0.05, 0) is 60.3 Å². The number of hydrogen-bond donors (Lipinski definition) is 2. The lowest BCUT2D eigenvalue weighted by molar-refractivity contribution is 0.0944. The van der Waals surface area contributed by atoms with Crippen molar-refractivity contribution in [1.29, 1.82) is 0 Å². The summed E-state index contributed by atoms with van der Waals surface area (Å²) >= 11 is 12.6. The lowest BCUT2D eigenvalue weighted by Gasteiger charge is -2.14. The number of aromatic nitrogens is 6. The van der Waals surface area contributed by atoms with Crippen molar-refractivity contribution in [2.75, 3.05) is 13.1 Å². The summed E-state index contributed by atoms with van der Waals surface area (Å²) in [5, 5.41) is 5.52. The van der Waals surface area contributed by atoms with Crippen molar-refractivity contribution in [3.05, 3.63) is 58.1 Å². The average molecular weight is 866 g/mol. The van der Waals surface area contributed by atoms with Crippen LogP contribution in [-0.2, 0) is 0 Å². The predicted molar refractivity (Wildman–Crippen MR) is 231 cm³/mol. The smallest absolute Gasteiger partial charge is 0.329 e. The number of ether oxygens (including phenoxy) is 4. The first kappa shape index (κ1) is 46.2. The molecule has 0 aliphatic carbocycles. The summed E-state index contributed by atoms with van der Waals surface area (Å²) < 4.78 is 24.0. The third kappa shape index (κ3) is 16.7. The highest BCUT2D eigenvalue weighted by Gasteiger charge is 2.19. The SMILES string of the molecule is CCCCCCCCCCCCNC(=O)c1cc2cc(c1)Oc1nc(Cl)nc(n1)Oc1cc(cc(C(=O)NCCCCCCCCCCCC)c1)Oc1nc(Cl)nc(n1)O2. The molecule has 8 bridgehead atoms. The van der Waals surface area contributed by atoms with Gasteiger partial charge in [0.2, 0.25) is 10.6 Å². The highest BCUT2D eigenvalue weighted by Crippen LogP contribution is 2.33. The summed E-state index contributed by atoms with van der Waals surface area (Å²) in [7, 11) is 0. The van der Waals surface area contributed by atoms with Crippen molar-refractivity contribution in [2.24, 2.45) is 0 Å². The fraction of sp³-hybridized carbons (Fsp3) is 0.545. The summed E-state index contributed by atoms with van der Waals surface area (Å²) in [6, 6.07) is 8.15. The van der Waals surface area contributed by atoms with Crippen LogP contribution in [0.5, 0.6) is 47.0 Å². The van der Waals surface area contributed by atoms with Crippen LogP contribution in [0.25, 0.3) is 0 Å². The van der Waals surface area contributed by atoms with Crippen LogP contribution >= 0.6 is 23.2 Å². The Hall–Kier alpha value is -4.82. The molecule has 0 spiro atoms. The Balaban J connectivity index is 1.26. The highest BCUT2D eigenvalue weighted by atomic mass is 35.5. The van der Waals surface area contributed by atoms with Gasteiger partial charge in [0.15, 0.2) is 0 Å². The van der Waals surface area contributed by atoms with E-state index < -0.39 is 0 Å². The molecule has 0 radical (unpaired) electrons. The number of fused-ring (bicyclic) bond motifs is 8. The number of halogens is 2. The Bertz CT molecular complexity index is 1750. The first-order valence-electron chi connectivity index (χ1n) is 21.7. The zero-order chi connectivity index (χ0) is 42.4. The molecular weight excluding hydrogens is 807 g/mol. The van der Waals surface area contributed by atoms with E-state index in [0.717, 1.165) is 38.5 Å². The van der Waals surface area contributed by atoms with Gasteiger partial charge in [-0.3, -0.25) is 9.59 Å². The molecule has 0 fully saturated rings. The molecule has 0 saturated heterocycles. The van der Waals surface area contributed by atoms with Crippen LogP contribution in [0.15, 0.2) is 36.4 Å². The molecular formula is C44H58Cl2N8O6. The third-order valence-electron chi connectivity index (χ3n) is 9.89. The molecule has 1 aliphatic heterocycles. The van der Waals surface area contributed by atoms with Crippen LogP contribution in [0.4, 0.5) is 0 Å². The largest absolute Gasteiger partial charge is 0.424 e. The Morgan fingerprint density at radius 3 is 0.967 bits per heavy atom. The first-order chi connectivity index (χ1) is 29.3. The van der Waals surface area contributed by atoms with Gasteiger partial charge in [0.05, 0.1) is 0 Å². The van der Waals surface area contributed by atoms with Gasteiger partial charge in [-0.2, -0.15) is 19.9 Å². The maximum Gasteiger partial charge on any atom is 0.329 e. The maximum atomic E-state index is 13.4. The molecule has 2 amide bonds. The summed E-state index contributed by atoms with van der Waals surface area (Å²) in [4.78, 5) is 51.7. The van der Waals surface area contributed by atoms with Gasteiger partial charge >= 0.3 is 24.0 Å². The van der Waals surface area contributed by atoms with Gasteiger partial charge in [0, 0.05) is 36.3 Å². The number of unbranched alkanes of at least 4 members (excludes halogenated alkanes) is 18. The minimum absolute atomic E-state index is 0.136. The minimum atomic E-state index is -0.340. The van der Waals surface area contributed by atoms with Crippen LogP contribution in [0, 0.1) is 0 Å². The summed E-state index contributed by atoms with van der Waals surface area (Å²) in [5.74, 6) is -0.136. The number of benzene rings is 2. The topological polar surface area (TPSA) is 172 Å². The second-order valence-corrected chi connectivity index (χ2v) is 15.7. The van der Waals surface area contributed by atoms with E-state index >= 15 is 0 Å². The highest BCUT2D eigenvalue weighted by molar-refractivity contribution is 6.28. The van der Waals surface area contributed by atoms with E-state index in [-0.39, 0.29) is 80.5 Å². The Kier molecular flexibility index (Phi) is 19.8. The van der Waals surface area contributed by atoms with Crippen molar-refractivity contribution in [3.63, 3.8) is 0 Å².